The van der Waals surface area contributed by atoms with Gasteiger partial charge in [0.25, 0.3) is 0 Å². The number of aliphatic hydroxyl groups is 1. The molecule has 35 heavy (non-hydrogen) atoms. The lowest BCUT2D eigenvalue weighted by molar-refractivity contribution is -0.158. The molecule has 0 radical (unpaired) electrons. The number of fused-ring (bicyclic) bond motifs is 2. The summed E-state index contributed by atoms with van der Waals surface area (Å²) in [5.74, 6) is -1.50. The number of nitrogens with zero attached hydrogens (tertiary/aromatic N) is 2. The van der Waals surface area contributed by atoms with Crippen molar-refractivity contribution in [2.24, 2.45) is 5.92 Å². The molecule has 2 N–H and O–H groups in total. The van der Waals surface area contributed by atoms with Crippen LogP contribution in [-0.4, -0.2) is 73.2 Å². The van der Waals surface area contributed by atoms with Crippen molar-refractivity contribution in [3.63, 3.8) is 0 Å². The zero-order valence-electron chi connectivity index (χ0n) is 20.1. The van der Waals surface area contributed by atoms with E-state index in [0.29, 0.717) is 6.04 Å². The van der Waals surface area contributed by atoms with E-state index in [1.54, 1.807) is 24.8 Å². The third-order valence-corrected chi connectivity index (χ3v) is 9.66. The molecule has 6 nitrogen and oxygen atoms in total. The number of rotatable bonds is 8. The molecule has 5 rings (SSSR count). The summed E-state index contributed by atoms with van der Waals surface area (Å²) >= 11 is 1.56. The number of benzene rings is 2. The van der Waals surface area contributed by atoms with Crippen molar-refractivity contribution in [3.8, 4) is 0 Å². The highest BCUT2D eigenvalue weighted by Crippen LogP contribution is 2.55. The van der Waals surface area contributed by atoms with Gasteiger partial charge in [-0.3, -0.25) is 14.6 Å². The predicted octanol–water partition coefficient (Wildman–Crippen LogP) is 3.69. The molecule has 0 spiro atoms. The van der Waals surface area contributed by atoms with Crippen LogP contribution in [0, 0.1) is 5.92 Å². The molecule has 2 aromatic rings. The van der Waals surface area contributed by atoms with E-state index in [1.807, 2.05) is 13.0 Å². The van der Waals surface area contributed by atoms with Gasteiger partial charge in [0, 0.05) is 24.4 Å². The molecule has 1 amide bonds. The second kappa shape index (κ2) is 9.12. The van der Waals surface area contributed by atoms with Gasteiger partial charge in [-0.2, -0.15) is 0 Å². The van der Waals surface area contributed by atoms with Crippen LogP contribution in [0.4, 0.5) is 0 Å². The average molecular weight is 493 g/mol. The molecule has 2 saturated heterocycles. The summed E-state index contributed by atoms with van der Waals surface area (Å²) in [4.78, 5) is 28.9. The van der Waals surface area contributed by atoms with Crippen molar-refractivity contribution in [1.82, 2.24) is 9.80 Å². The van der Waals surface area contributed by atoms with Crippen LogP contribution in [0.5, 0.6) is 0 Å². The molecule has 3 aliphatic rings. The van der Waals surface area contributed by atoms with Gasteiger partial charge in [0.1, 0.15) is 10.4 Å². The second-order valence-corrected chi connectivity index (χ2v) is 11.6. The number of likely N-dealkylation sites (tertiary alicyclic amines) is 1. The maximum absolute atomic E-state index is 13.4. The Morgan fingerprint density at radius 2 is 2.03 bits per heavy atom. The number of amides is 1. The van der Waals surface area contributed by atoms with Gasteiger partial charge >= 0.3 is 5.97 Å². The highest BCUT2D eigenvalue weighted by Gasteiger charge is 2.69. The average Bonchev–Trinajstić information content (AvgIpc) is 3.36. The number of hydrogen-bond donors (Lipinski definition) is 2. The molecule has 184 valence electrons. The number of aliphatic carboxylic acids is 1. The van der Waals surface area contributed by atoms with Gasteiger partial charge in [-0.15, -0.1) is 18.3 Å². The lowest BCUT2D eigenvalue weighted by Gasteiger charge is -2.56. The number of hydrogen-bond acceptors (Lipinski definition) is 5. The highest BCUT2D eigenvalue weighted by atomic mass is 32.2. The third kappa shape index (κ3) is 3.81. The molecule has 0 aromatic heterocycles. The van der Waals surface area contributed by atoms with Gasteiger partial charge in [-0.1, -0.05) is 55.5 Å². The number of carbonyl (C=O) groups excluding carboxylic acids is 1. The fraction of sp³-hybridized carbons (Fsp3) is 0.429. The molecule has 2 fully saturated rings. The number of thioether (sulfide) groups is 1. The van der Waals surface area contributed by atoms with E-state index in [4.69, 9.17) is 0 Å². The summed E-state index contributed by atoms with van der Waals surface area (Å²) < 4.78 is -1.02. The second-order valence-electron chi connectivity index (χ2n) is 10.0. The molecular formula is C28H32N2O4S. The Balaban J connectivity index is 1.38. The van der Waals surface area contributed by atoms with Crippen molar-refractivity contribution in [1.29, 1.82) is 0 Å². The van der Waals surface area contributed by atoms with E-state index in [2.05, 4.69) is 53.9 Å². The van der Waals surface area contributed by atoms with Crippen molar-refractivity contribution in [2.75, 3.05) is 13.1 Å². The van der Waals surface area contributed by atoms with Crippen LogP contribution in [0.15, 0.2) is 66.9 Å². The minimum Gasteiger partial charge on any atom is -0.477 e. The van der Waals surface area contributed by atoms with Crippen molar-refractivity contribution in [2.45, 2.75) is 54.9 Å². The Labute approximate surface area is 210 Å². The van der Waals surface area contributed by atoms with Crippen LogP contribution in [0.2, 0.25) is 0 Å². The number of carboxylic acid groups (broad SMARTS) is 1. The lowest BCUT2D eigenvalue weighted by Crippen LogP contribution is -2.76. The van der Waals surface area contributed by atoms with Crippen LogP contribution in [0.3, 0.4) is 0 Å². The van der Waals surface area contributed by atoms with E-state index < -0.39 is 16.8 Å². The Hall–Kier alpha value is -2.61. The van der Waals surface area contributed by atoms with Crippen LogP contribution in [-0.2, 0) is 16.0 Å². The molecule has 0 saturated carbocycles. The topological polar surface area (TPSA) is 81.1 Å². The SMILES string of the molecule is C=CCN1C[C@@H](S[C@]2(C(C)O)C(=O)N3C(C(=O)O)=C[C@@H](C)[C@@H]32)CC1Cc1cccc2ccccc12. The third-order valence-electron chi connectivity index (χ3n) is 7.84. The summed E-state index contributed by atoms with van der Waals surface area (Å²) in [5, 5.41) is 23.1. The number of carbonyl (C=O) groups is 2. The van der Waals surface area contributed by atoms with Gasteiger partial charge in [0.15, 0.2) is 0 Å². The molecular weight excluding hydrogens is 460 g/mol. The van der Waals surface area contributed by atoms with Gasteiger partial charge in [0.2, 0.25) is 5.91 Å². The largest absolute Gasteiger partial charge is 0.477 e. The van der Waals surface area contributed by atoms with E-state index in [9.17, 15) is 19.8 Å². The van der Waals surface area contributed by atoms with Crippen LogP contribution >= 0.6 is 11.8 Å². The molecule has 0 bridgehead atoms. The fourth-order valence-electron chi connectivity index (χ4n) is 6.32. The van der Waals surface area contributed by atoms with Gasteiger partial charge in [0.05, 0.1) is 12.1 Å². The Morgan fingerprint density at radius 1 is 1.29 bits per heavy atom. The molecule has 3 aliphatic heterocycles. The van der Waals surface area contributed by atoms with E-state index in [0.717, 1.165) is 25.9 Å². The zero-order valence-corrected chi connectivity index (χ0v) is 20.9. The molecule has 2 unspecified atom stereocenters. The van der Waals surface area contributed by atoms with Crippen LogP contribution < -0.4 is 0 Å². The first-order chi connectivity index (χ1) is 16.8. The quantitative estimate of drug-likeness (QED) is 0.432. The van der Waals surface area contributed by atoms with Gasteiger partial charge in [-0.05, 0) is 48.1 Å². The molecule has 2 aromatic carbocycles. The summed E-state index contributed by atoms with van der Waals surface area (Å²) in [7, 11) is 0. The molecule has 6 atom stereocenters. The zero-order chi connectivity index (χ0) is 24.9. The standard InChI is InChI=1S/C28H32N2O4S/c1-4-12-29-16-22(15-21(29)14-20-10-7-9-19-8-5-6-11-23(19)20)35-28(18(3)31)25-17(2)13-24(26(32)33)30(25)27(28)34/h4-11,13,17-18,21-22,25,31H,1,12,14-16H2,2-3H3,(H,32,33)/t17-,18?,21?,22+,25-,28+/m1/s1. The summed E-state index contributed by atoms with van der Waals surface area (Å²) in [6, 6.07) is 14.8. The normalized spacial score (nSPS) is 31.2. The predicted molar refractivity (Wildman–Crippen MR) is 139 cm³/mol. The first-order valence-corrected chi connectivity index (χ1v) is 13.1. The lowest BCUT2D eigenvalue weighted by atomic mass is 9.78. The Morgan fingerprint density at radius 3 is 2.74 bits per heavy atom. The Kier molecular flexibility index (Phi) is 6.28. The summed E-state index contributed by atoms with van der Waals surface area (Å²) in [6.07, 6.45) is 4.49. The smallest absolute Gasteiger partial charge is 0.352 e. The van der Waals surface area contributed by atoms with E-state index >= 15 is 0 Å². The van der Waals surface area contributed by atoms with Crippen LogP contribution in [0.1, 0.15) is 25.8 Å². The first kappa shape index (κ1) is 24.1. The molecule has 0 aliphatic carbocycles. The fourth-order valence-corrected chi connectivity index (χ4v) is 8.31. The minimum atomic E-state index is -1.09. The van der Waals surface area contributed by atoms with Gasteiger partial charge < -0.3 is 10.2 Å². The first-order valence-electron chi connectivity index (χ1n) is 12.2. The monoisotopic (exact) mass is 492 g/mol. The Bertz CT molecular complexity index is 1210. The minimum absolute atomic E-state index is 0.0397. The number of β-lactam (4-membered cyclic amide) rings is 1. The van der Waals surface area contributed by atoms with Crippen molar-refractivity contribution >= 4 is 34.4 Å². The molecule has 7 heteroatoms. The number of carboxylic acids is 1. The van der Waals surface area contributed by atoms with E-state index in [-0.39, 0.29) is 28.8 Å². The summed E-state index contributed by atoms with van der Waals surface area (Å²) in [5.41, 5.74) is 1.35. The molecule has 3 heterocycles. The maximum Gasteiger partial charge on any atom is 0.352 e. The highest BCUT2D eigenvalue weighted by molar-refractivity contribution is 8.02. The van der Waals surface area contributed by atoms with Crippen molar-refractivity contribution < 1.29 is 19.8 Å². The number of aliphatic hydroxyl groups excluding tert-OH is 1. The maximum atomic E-state index is 13.4. The van der Waals surface area contributed by atoms with Gasteiger partial charge in [-0.25, -0.2) is 4.79 Å². The van der Waals surface area contributed by atoms with Crippen LogP contribution in [0.25, 0.3) is 10.8 Å². The summed E-state index contributed by atoms with van der Waals surface area (Å²) in [6.45, 7) is 9.11. The van der Waals surface area contributed by atoms with Crippen molar-refractivity contribution in [3.05, 3.63) is 72.5 Å². The van der Waals surface area contributed by atoms with E-state index in [1.165, 1.54) is 21.2 Å².